The van der Waals surface area contributed by atoms with Crippen molar-refractivity contribution >= 4 is 0 Å². The maximum atomic E-state index is 3.66. The Balaban J connectivity index is 2.35. The van der Waals surface area contributed by atoms with Crippen LogP contribution in [-0.2, 0) is 0 Å². The monoisotopic (exact) mass is 198 g/mol. The predicted molar refractivity (Wildman–Crippen MR) is 62.6 cm³/mol. The van der Waals surface area contributed by atoms with E-state index in [1.807, 2.05) is 0 Å². The zero-order chi connectivity index (χ0) is 10.4. The summed E-state index contributed by atoms with van der Waals surface area (Å²) in [5.74, 6) is 0. The second-order valence-electron chi connectivity index (χ2n) is 4.87. The van der Waals surface area contributed by atoms with E-state index >= 15 is 0 Å². The van der Waals surface area contributed by atoms with Gasteiger partial charge in [-0.15, -0.1) is 0 Å². The fourth-order valence-electron chi connectivity index (χ4n) is 2.31. The van der Waals surface area contributed by atoms with Crippen LogP contribution in [0.15, 0.2) is 0 Å². The third-order valence-electron chi connectivity index (χ3n) is 3.55. The predicted octanol–water partition coefficient (Wildman–Crippen LogP) is 2.15. The van der Waals surface area contributed by atoms with Crippen molar-refractivity contribution in [1.29, 1.82) is 0 Å². The third-order valence-corrected chi connectivity index (χ3v) is 3.55. The van der Waals surface area contributed by atoms with Crippen LogP contribution in [0.1, 0.15) is 46.5 Å². The van der Waals surface area contributed by atoms with Gasteiger partial charge in [0.1, 0.15) is 0 Å². The van der Waals surface area contributed by atoms with E-state index in [-0.39, 0.29) is 0 Å². The van der Waals surface area contributed by atoms with Gasteiger partial charge in [0.2, 0.25) is 0 Å². The minimum absolute atomic E-state index is 0.554. The summed E-state index contributed by atoms with van der Waals surface area (Å²) in [5, 5.41) is 7.16. The SMILES string of the molecule is CCCC1(CNC(C)CC)CCNC1. The molecule has 1 aliphatic rings. The van der Waals surface area contributed by atoms with Crippen molar-refractivity contribution in [3.63, 3.8) is 0 Å². The van der Waals surface area contributed by atoms with Crippen LogP contribution in [0.5, 0.6) is 0 Å². The Kier molecular flexibility index (Phi) is 4.90. The lowest BCUT2D eigenvalue weighted by Gasteiger charge is -2.29. The molecule has 14 heavy (non-hydrogen) atoms. The Hall–Kier alpha value is -0.0800. The fraction of sp³-hybridized carbons (Fsp3) is 1.00. The van der Waals surface area contributed by atoms with Crippen LogP contribution < -0.4 is 10.6 Å². The number of hydrogen-bond acceptors (Lipinski definition) is 2. The average molecular weight is 198 g/mol. The van der Waals surface area contributed by atoms with Crippen LogP contribution >= 0.6 is 0 Å². The van der Waals surface area contributed by atoms with Gasteiger partial charge in [-0.1, -0.05) is 20.3 Å². The summed E-state index contributed by atoms with van der Waals surface area (Å²) in [6.45, 7) is 10.4. The first-order valence-corrected chi connectivity index (χ1v) is 6.16. The van der Waals surface area contributed by atoms with E-state index in [1.54, 1.807) is 0 Å². The molecular formula is C12H26N2. The lowest BCUT2D eigenvalue weighted by molar-refractivity contribution is 0.264. The summed E-state index contributed by atoms with van der Waals surface area (Å²) in [6, 6.07) is 0.671. The zero-order valence-corrected chi connectivity index (χ0v) is 10.0. The van der Waals surface area contributed by atoms with Crippen molar-refractivity contribution in [3.8, 4) is 0 Å². The fourth-order valence-corrected chi connectivity index (χ4v) is 2.31. The van der Waals surface area contributed by atoms with Crippen molar-refractivity contribution in [3.05, 3.63) is 0 Å². The molecule has 0 saturated carbocycles. The van der Waals surface area contributed by atoms with Gasteiger partial charge in [0.05, 0.1) is 0 Å². The highest BCUT2D eigenvalue weighted by Gasteiger charge is 2.32. The molecule has 0 aliphatic carbocycles. The van der Waals surface area contributed by atoms with Gasteiger partial charge < -0.3 is 10.6 Å². The standard InChI is InChI=1S/C12H26N2/c1-4-6-12(7-8-13-9-12)10-14-11(3)5-2/h11,13-14H,4-10H2,1-3H3. The Bertz CT molecular complexity index is 150. The quantitative estimate of drug-likeness (QED) is 0.683. The molecule has 2 heteroatoms. The first-order valence-electron chi connectivity index (χ1n) is 6.16. The summed E-state index contributed by atoms with van der Waals surface area (Å²) < 4.78 is 0. The third kappa shape index (κ3) is 3.25. The van der Waals surface area contributed by atoms with E-state index < -0.39 is 0 Å². The minimum atomic E-state index is 0.554. The smallest absolute Gasteiger partial charge is 0.00363 e. The van der Waals surface area contributed by atoms with Crippen LogP contribution in [0.3, 0.4) is 0 Å². The Labute approximate surface area is 88.8 Å². The normalized spacial score (nSPS) is 29.4. The Morgan fingerprint density at radius 2 is 2.21 bits per heavy atom. The summed E-state index contributed by atoms with van der Waals surface area (Å²) >= 11 is 0. The summed E-state index contributed by atoms with van der Waals surface area (Å²) in [5.41, 5.74) is 0.554. The summed E-state index contributed by atoms with van der Waals surface area (Å²) in [6.07, 6.45) is 5.26. The molecule has 2 N–H and O–H groups in total. The van der Waals surface area contributed by atoms with Gasteiger partial charge in [-0.2, -0.15) is 0 Å². The van der Waals surface area contributed by atoms with Gasteiger partial charge in [0.15, 0.2) is 0 Å². The van der Waals surface area contributed by atoms with Crippen molar-refractivity contribution in [2.45, 2.75) is 52.5 Å². The lowest BCUT2D eigenvalue weighted by atomic mass is 9.82. The van der Waals surface area contributed by atoms with E-state index in [0.29, 0.717) is 11.5 Å². The Morgan fingerprint density at radius 1 is 1.43 bits per heavy atom. The van der Waals surface area contributed by atoms with Crippen LogP contribution in [0.25, 0.3) is 0 Å². The number of rotatable bonds is 6. The van der Waals surface area contributed by atoms with Crippen molar-refractivity contribution in [2.24, 2.45) is 5.41 Å². The van der Waals surface area contributed by atoms with E-state index in [2.05, 4.69) is 31.4 Å². The zero-order valence-electron chi connectivity index (χ0n) is 10.0. The second kappa shape index (κ2) is 5.72. The molecule has 1 heterocycles. The second-order valence-corrected chi connectivity index (χ2v) is 4.87. The van der Waals surface area contributed by atoms with E-state index in [1.165, 1.54) is 45.3 Å². The molecule has 0 bridgehead atoms. The minimum Gasteiger partial charge on any atom is -0.316 e. The molecule has 0 aromatic rings. The Morgan fingerprint density at radius 3 is 2.71 bits per heavy atom. The molecule has 2 unspecified atom stereocenters. The summed E-state index contributed by atoms with van der Waals surface area (Å²) in [7, 11) is 0. The highest BCUT2D eigenvalue weighted by molar-refractivity contribution is 4.89. The molecule has 0 aromatic heterocycles. The van der Waals surface area contributed by atoms with Crippen molar-refractivity contribution < 1.29 is 0 Å². The molecule has 0 aromatic carbocycles. The molecule has 1 saturated heterocycles. The maximum absolute atomic E-state index is 3.66. The van der Waals surface area contributed by atoms with Crippen molar-refractivity contribution in [1.82, 2.24) is 10.6 Å². The van der Waals surface area contributed by atoms with Gasteiger partial charge in [0, 0.05) is 19.1 Å². The maximum Gasteiger partial charge on any atom is 0.00363 e. The van der Waals surface area contributed by atoms with Crippen LogP contribution in [0.4, 0.5) is 0 Å². The molecule has 0 spiro atoms. The van der Waals surface area contributed by atoms with Crippen molar-refractivity contribution in [2.75, 3.05) is 19.6 Å². The van der Waals surface area contributed by atoms with Gasteiger partial charge in [-0.25, -0.2) is 0 Å². The van der Waals surface area contributed by atoms with Gasteiger partial charge >= 0.3 is 0 Å². The molecule has 2 nitrogen and oxygen atoms in total. The van der Waals surface area contributed by atoms with Crippen LogP contribution in [0, 0.1) is 5.41 Å². The average Bonchev–Trinajstić information content (AvgIpc) is 2.64. The molecule has 0 radical (unpaired) electrons. The molecule has 0 amide bonds. The molecule has 1 rings (SSSR count). The molecular weight excluding hydrogens is 172 g/mol. The molecule has 84 valence electrons. The van der Waals surface area contributed by atoms with E-state index in [0.717, 1.165) is 0 Å². The molecule has 2 atom stereocenters. The lowest BCUT2D eigenvalue weighted by Crippen LogP contribution is -2.39. The highest BCUT2D eigenvalue weighted by Crippen LogP contribution is 2.30. The number of hydrogen-bond donors (Lipinski definition) is 2. The molecule has 1 aliphatic heterocycles. The molecule has 1 fully saturated rings. The number of nitrogens with one attached hydrogen (secondary N) is 2. The van der Waals surface area contributed by atoms with Gasteiger partial charge in [-0.05, 0) is 38.1 Å². The topological polar surface area (TPSA) is 24.1 Å². The van der Waals surface area contributed by atoms with Gasteiger partial charge in [-0.3, -0.25) is 0 Å². The highest BCUT2D eigenvalue weighted by atomic mass is 15.0. The van der Waals surface area contributed by atoms with Crippen LogP contribution in [-0.4, -0.2) is 25.7 Å². The first-order chi connectivity index (χ1) is 6.72. The largest absolute Gasteiger partial charge is 0.316 e. The summed E-state index contributed by atoms with van der Waals surface area (Å²) in [4.78, 5) is 0. The van der Waals surface area contributed by atoms with Gasteiger partial charge in [0.25, 0.3) is 0 Å². The first kappa shape index (κ1) is 12.0. The van der Waals surface area contributed by atoms with Crippen LogP contribution in [0.2, 0.25) is 0 Å². The van der Waals surface area contributed by atoms with E-state index in [4.69, 9.17) is 0 Å². The van der Waals surface area contributed by atoms with E-state index in [9.17, 15) is 0 Å².